The lowest BCUT2D eigenvalue weighted by Crippen LogP contribution is -2.36. The maximum atomic E-state index is 15.0. The maximum Gasteiger partial charge on any atom is 0.138 e. The van der Waals surface area contributed by atoms with E-state index in [1.165, 1.54) is 5.69 Å². The summed E-state index contributed by atoms with van der Waals surface area (Å²) in [5, 5.41) is 4.54. The van der Waals surface area contributed by atoms with Gasteiger partial charge < -0.3 is 19.9 Å². The molecule has 0 spiro atoms. The summed E-state index contributed by atoms with van der Waals surface area (Å²) in [6, 6.07) is 9.47. The summed E-state index contributed by atoms with van der Waals surface area (Å²) in [6.45, 7) is 8.19. The Morgan fingerprint density at radius 3 is 2.76 bits per heavy atom. The van der Waals surface area contributed by atoms with E-state index in [-0.39, 0.29) is 11.4 Å². The normalized spacial score (nSPS) is 22.0. The topological polar surface area (TPSA) is 53.2 Å². The molecule has 0 aliphatic carbocycles. The summed E-state index contributed by atoms with van der Waals surface area (Å²) >= 11 is 0. The van der Waals surface area contributed by atoms with Gasteiger partial charge in [0.1, 0.15) is 11.5 Å². The van der Waals surface area contributed by atoms with E-state index in [4.69, 9.17) is 4.74 Å². The van der Waals surface area contributed by atoms with Crippen molar-refractivity contribution in [3.63, 3.8) is 0 Å². The molecule has 0 bridgehead atoms. The van der Waals surface area contributed by atoms with Crippen LogP contribution in [0.25, 0.3) is 22.2 Å². The molecule has 2 saturated heterocycles. The lowest BCUT2D eigenvalue weighted by molar-refractivity contribution is -0.0699. The van der Waals surface area contributed by atoms with Gasteiger partial charge in [0.15, 0.2) is 0 Å². The Hall–Kier alpha value is -2.44. The molecule has 1 aromatic carbocycles. The quantitative estimate of drug-likeness (QED) is 0.516. The first-order chi connectivity index (χ1) is 15.9. The zero-order chi connectivity index (χ0) is 23.0. The van der Waals surface area contributed by atoms with Gasteiger partial charge in [0, 0.05) is 47.6 Å². The fourth-order valence-corrected chi connectivity index (χ4v) is 5.46. The van der Waals surface area contributed by atoms with Crippen LogP contribution in [0.1, 0.15) is 51.1 Å². The number of benzene rings is 1. The Labute approximate surface area is 195 Å². The third kappa shape index (κ3) is 4.92. The number of aromatic amines is 1. The summed E-state index contributed by atoms with van der Waals surface area (Å²) in [6.07, 6.45) is 6.13. The summed E-state index contributed by atoms with van der Waals surface area (Å²) in [5.74, 6) is 0.851. The Kier molecular flexibility index (Phi) is 6.14. The summed E-state index contributed by atoms with van der Waals surface area (Å²) < 4.78 is 20.8. The Bertz CT molecular complexity index is 1120. The lowest BCUT2D eigenvalue weighted by atomic mass is 9.88. The summed E-state index contributed by atoms with van der Waals surface area (Å²) in [7, 11) is 2.17. The monoisotopic (exact) mass is 450 g/mol. The predicted octanol–water partition coefficient (Wildman–Crippen LogP) is 5.80. The van der Waals surface area contributed by atoms with Crippen molar-refractivity contribution in [2.24, 2.45) is 5.92 Å². The van der Waals surface area contributed by atoms with Crippen LogP contribution in [0.2, 0.25) is 0 Å². The number of piperidine rings is 1. The first kappa shape index (κ1) is 22.4. The number of ether oxygens (including phenoxy) is 1. The second-order valence-electron chi connectivity index (χ2n) is 10.5. The number of fused-ring (bicyclic) bond motifs is 1. The van der Waals surface area contributed by atoms with Gasteiger partial charge in [0.2, 0.25) is 0 Å². The Balaban J connectivity index is 1.39. The van der Waals surface area contributed by atoms with Gasteiger partial charge in [-0.25, -0.2) is 9.37 Å². The molecule has 2 fully saturated rings. The van der Waals surface area contributed by atoms with E-state index in [1.54, 1.807) is 12.3 Å². The third-order valence-corrected chi connectivity index (χ3v) is 7.36. The predicted molar refractivity (Wildman–Crippen MR) is 132 cm³/mol. The molecule has 2 aliphatic rings. The van der Waals surface area contributed by atoms with Crippen LogP contribution in [0, 0.1) is 11.7 Å². The first-order valence-electron chi connectivity index (χ1n) is 12.2. The van der Waals surface area contributed by atoms with E-state index >= 15 is 4.39 Å². The van der Waals surface area contributed by atoms with Gasteiger partial charge >= 0.3 is 0 Å². The molecule has 0 radical (unpaired) electrons. The van der Waals surface area contributed by atoms with Gasteiger partial charge in [-0.1, -0.05) is 0 Å². The molecular formula is C27H35FN4O. The van der Waals surface area contributed by atoms with Crippen LogP contribution in [0.15, 0.2) is 36.5 Å². The van der Waals surface area contributed by atoms with Crippen LogP contribution in [0.5, 0.6) is 0 Å². The number of likely N-dealkylation sites (tertiary alicyclic amines) is 1. The number of nitrogens with zero attached hydrogens (tertiary/aromatic N) is 2. The number of halogens is 1. The number of H-pyrrole nitrogens is 1. The molecule has 2 aliphatic heterocycles. The Morgan fingerprint density at radius 2 is 1.97 bits per heavy atom. The van der Waals surface area contributed by atoms with E-state index in [1.807, 2.05) is 18.2 Å². The van der Waals surface area contributed by atoms with Crippen molar-refractivity contribution >= 4 is 16.7 Å². The second-order valence-corrected chi connectivity index (χ2v) is 10.5. The van der Waals surface area contributed by atoms with Crippen molar-refractivity contribution in [1.29, 1.82) is 0 Å². The van der Waals surface area contributed by atoms with Gasteiger partial charge in [-0.3, -0.25) is 0 Å². The number of aromatic nitrogens is 2. The fraction of sp³-hybridized carbons (Fsp3) is 0.519. The van der Waals surface area contributed by atoms with E-state index in [9.17, 15) is 0 Å². The lowest BCUT2D eigenvalue weighted by Gasteiger charge is -2.35. The number of rotatable bonds is 5. The van der Waals surface area contributed by atoms with E-state index < -0.39 is 0 Å². The van der Waals surface area contributed by atoms with E-state index in [0.29, 0.717) is 17.4 Å². The van der Waals surface area contributed by atoms with Crippen LogP contribution in [-0.4, -0.2) is 53.8 Å². The minimum Gasteiger partial charge on any atom is -0.385 e. The van der Waals surface area contributed by atoms with Crippen molar-refractivity contribution in [3.05, 3.63) is 48.0 Å². The molecular weight excluding hydrogens is 415 g/mol. The van der Waals surface area contributed by atoms with Crippen molar-refractivity contribution in [1.82, 2.24) is 14.9 Å². The minimum atomic E-state index is -0.206. The molecule has 4 heterocycles. The molecule has 5 rings (SSSR count). The second kappa shape index (κ2) is 9.07. The van der Waals surface area contributed by atoms with Crippen molar-refractivity contribution in [2.45, 2.75) is 51.0 Å². The number of nitrogens with one attached hydrogen (secondary N) is 2. The van der Waals surface area contributed by atoms with E-state index in [0.717, 1.165) is 74.2 Å². The highest BCUT2D eigenvalue weighted by Gasteiger charge is 2.28. The van der Waals surface area contributed by atoms with Crippen LogP contribution in [-0.2, 0) is 4.74 Å². The largest absolute Gasteiger partial charge is 0.385 e. The molecule has 6 heteroatoms. The molecule has 2 aromatic heterocycles. The average Bonchev–Trinajstić information content (AvgIpc) is 3.23. The van der Waals surface area contributed by atoms with Gasteiger partial charge in [-0.2, -0.15) is 0 Å². The molecule has 2 N–H and O–H groups in total. The number of hydrogen-bond donors (Lipinski definition) is 2. The summed E-state index contributed by atoms with van der Waals surface area (Å²) in [5.41, 5.74) is 4.45. The zero-order valence-corrected chi connectivity index (χ0v) is 20.0. The first-order valence-corrected chi connectivity index (χ1v) is 12.2. The number of anilines is 1. The zero-order valence-electron chi connectivity index (χ0n) is 20.0. The number of pyridine rings is 1. The van der Waals surface area contributed by atoms with Crippen molar-refractivity contribution in [2.75, 3.05) is 38.6 Å². The van der Waals surface area contributed by atoms with Crippen molar-refractivity contribution < 1.29 is 9.13 Å². The molecule has 33 heavy (non-hydrogen) atoms. The minimum absolute atomic E-state index is 0.0685. The summed E-state index contributed by atoms with van der Waals surface area (Å²) in [4.78, 5) is 10.4. The highest BCUT2D eigenvalue weighted by molar-refractivity contribution is 5.94. The van der Waals surface area contributed by atoms with Crippen LogP contribution < -0.4 is 5.32 Å². The smallest absolute Gasteiger partial charge is 0.138 e. The van der Waals surface area contributed by atoms with Crippen molar-refractivity contribution in [3.8, 4) is 11.1 Å². The third-order valence-electron chi connectivity index (χ3n) is 7.36. The maximum absolute atomic E-state index is 15.0. The SMILES string of the molecule is CN1CCC(c2cc3c(-c4cc(NCC5CCOC(C)(C)C5)ccc4F)ccnc3[nH]2)CC1. The molecule has 0 amide bonds. The Morgan fingerprint density at radius 1 is 1.15 bits per heavy atom. The van der Waals surface area contributed by atoms with Crippen LogP contribution in [0.4, 0.5) is 10.1 Å². The standard InChI is InChI=1S/C27H35FN4O/c1-27(2)16-18(9-13-33-27)17-30-20-4-5-24(28)22(14-20)21-6-10-29-26-23(21)15-25(31-26)19-7-11-32(3)12-8-19/h4-6,10,14-15,18-19,30H,7-9,11-13,16-17H2,1-3H3,(H,29,31). The van der Waals surface area contributed by atoms with Gasteiger partial charge in [-0.05, 0) is 101 Å². The molecule has 0 saturated carbocycles. The van der Waals surface area contributed by atoms with Gasteiger partial charge in [0.25, 0.3) is 0 Å². The van der Waals surface area contributed by atoms with Gasteiger partial charge in [0.05, 0.1) is 5.60 Å². The molecule has 3 aromatic rings. The van der Waals surface area contributed by atoms with Crippen LogP contribution >= 0.6 is 0 Å². The van der Waals surface area contributed by atoms with E-state index in [2.05, 4.69) is 47.1 Å². The fourth-order valence-electron chi connectivity index (χ4n) is 5.46. The molecule has 176 valence electrons. The number of hydrogen-bond acceptors (Lipinski definition) is 4. The van der Waals surface area contributed by atoms with Crippen LogP contribution in [0.3, 0.4) is 0 Å². The molecule has 5 nitrogen and oxygen atoms in total. The van der Waals surface area contributed by atoms with Gasteiger partial charge in [-0.15, -0.1) is 0 Å². The average molecular weight is 451 g/mol. The highest BCUT2D eigenvalue weighted by Crippen LogP contribution is 2.35. The highest BCUT2D eigenvalue weighted by atomic mass is 19.1. The molecule has 1 atom stereocenters. The molecule has 1 unspecified atom stereocenters.